The van der Waals surface area contributed by atoms with Crippen LogP contribution >= 0.6 is 27.3 Å². The second-order valence-corrected chi connectivity index (χ2v) is 6.55. The highest BCUT2D eigenvalue weighted by Crippen LogP contribution is 2.20. The van der Waals surface area contributed by atoms with E-state index in [1.807, 2.05) is 6.92 Å². The highest BCUT2D eigenvalue weighted by atomic mass is 79.9. The topological polar surface area (TPSA) is 86.1 Å². The molecule has 2 heterocycles. The molecule has 1 atom stereocenters. The second-order valence-electron chi connectivity index (χ2n) is 4.83. The van der Waals surface area contributed by atoms with Gasteiger partial charge in [0.15, 0.2) is 5.13 Å². The van der Waals surface area contributed by atoms with Gasteiger partial charge in [-0.1, -0.05) is 0 Å². The van der Waals surface area contributed by atoms with Crippen LogP contribution in [0.1, 0.15) is 31.3 Å². The summed E-state index contributed by atoms with van der Waals surface area (Å²) in [7, 11) is 0. The molecule has 0 aliphatic heterocycles. The van der Waals surface area contributed by atoms with Crippen LogP contribution in [-0.4, -0.2) is 33.2 Å². The van der Waals surface area contributed by atoms with Crippen molar-refractivity contribution < 1.29 is 14.3 Å². The quantitative estimate of drug-likeness (QED) is 0.753. The number of carbonyl (C=O) groups excluding carboxylic acids is 2. The van der Waals surface area contributed by atoms with Gasteiger partial charge < -0.3 is 10.1 Å². The van der Waals surface area contributed by atoms with Gasteiger partial charge in [-0.05, 0) is 36.7 Å². The van der Waals surface area contributed by atoms with E-state index in [1.165, 1.54) is 11.3 Å². The molecule has 1 N–H and O–H groups in total. The number of halogens is 1. The third-order valence-corrected chi connectivity index (χ3v) is 4.63. The maximum Gasteiger partial charge on any atom is 0.311 e. The predicted molar refractivity (Wildman–Crippen MR) is 90.5 cm³/mol. The molecule has 23 heavy (non-hydrogen) atoms. The van der Waals surface area contributed by atoms with Crippen LogP contribution in [-0.2, 0) is 20.7 Å². The fourth-order valence-corrected chi connectivity index (χ4v) is 2.80. The molecule has 1 unspecified atom stereocenters. The van der Waals surface area contributed by atoms with Crippen molar-refractivity contribution in [2.45, 2.75) is 33.2 Å². The summed E-state index contributed by atoms with van der Waals surface area (Å²) in [5.74, 6) is -0.557. The Hall–Kier alpha value is -1.74. The molecule has 0 radical (unpaired) electrons. The van der Waals surface area contributed by atoms with Crippen molar-refractivity contribution in [2.24, 2.45) is 0 Å². The molecule has 0 saturated heterocycles. The van der Waals surface area contributed by atoms with Crippen LogP contribution in [0.15, 0.2) is 16.0 Å². The fraction of sp³-hybridized carbons (Fsp3) is 0.429. The minimum atomic E-state index is -0.475. The van der Waals surface area contributed by atoms with Crippen molar-refractivity contribution in [1.82, 2.24) is 14.8 Å². The first-order chi connectivity index (χ1) is 10.9. The number of esters is 1. The first-order valence-corrected chi connectivity index (χ1v) is 8.70. The molecule has 0 aliphatic rings. The van der Waals surface area contributed by atoms with E-state index in [-0.39, 0.29) is 18.3 Å². The van der Waals surface area contributed by atoms with Gasteiger partial charge in [0.25, 0.3) is 5.91 Å². The minimum Gasteiger partial charge on any atom is -0.466 e. The van der Waals surface area contributed by atoms with Gasteiger partial charge in [0, 0.05) is 11.6 Å². The van der Waals surface area contributed by atoms with Crippen molar-refractivity contribution in [3.63, 3.8) is 0 Å². The lowest BCUT2D eigenvalue weighted by atomic mass is 10.3. The smallest absolute Gasteiger partial charge is 0.311 e. The molecule has 9 heteroatoms. The van der Waals surface area contributed by atoms with Crippen molar-refractivity contribution in [1.29, 1.82) is 0 Å². The van der Waals surface area contributed by atoms with E-state index >= 15 is 0 Å². The van der Waals surface area contributed by atoms with E-state index in [4.69, 9.17) is 4.74 Å². The summed E-state index contributed by atoms with van der Waals surface area (Å²) in [6.07, 6.45) is 1.86. The van der Waals surface area contributed by atoms with Crippen LogP contribution in [0.3, 0.4) is 0 Å². The largest absolute Gasteiger partial charge is 0.466 e. The zero-order valence-electron chi connectivity index (χ0n) is 13.0. The summed E-state index contributed by atoms with van der Waals surface area (Å²) in [6.45, 7) is 5.69. The number of anilines is 1. The molecule has 2 rings (SSSR count). The molecule has 124 valence electrons. The molecular weight excluding hydrogens is 384 g/mol. The SMILES string of the molecule is CCOC(=O)Cc1csc(NC(=O)C(C)n2cc(Br)c(C)n2)n1. The average molecular weight is 401 g/mol. The summed E-state index contributed by atoms with van der Waals surface area (Å²) in [5, 5.41) is 9.18. The van der Waals surface area contributed by atoms with Crippen molar-refractivity contribution >= 4 is 44.3 Å². The summed E-state index contributed by atoms with van der Waals surface area (Å²) >= 11 is 4.64. The molecule has 2 aromatic rings. The van der Waals surface area contributed by atoms with Crippen LogP contribution in [0.4, 0.5) is 5.13 Å². The molecule has 0 bridgehead atoms. The number of amides is 1. The monoisotopic (exact) mass is 400 g/mol. The number of rotatable bonds is 6. The molecule has 0 saturated carbocycles. The Morgan fingerprint density at radius 1 is 1.52 bits per heavy atom. The van der Waals surface area contributed by atoms with E-state index < -0.39 is 6.04 Å². The van der Waals surface area contributed by atoms with E-state index in [2.05, 4.69) is 31.3 Å². The van der Waals surface area contributed by atoms with Crippen molar-refractivity contribution in [3.8, 4) is 0 Å². The second kappa shape index (κ2) is 7.69. The number of carbonyl (C=O) groups is 2. The summed E-state index contributed by atoms with van der Waals surface area (Å²) in [5.41, 5.74) is 1.39. The highest BCUT2D eigenvalue weighted by Gasteiger charge is 2.18. The lowest BCUT2D eigenvalue weighted by molar-refractivity contribution is -0.142. The van der Waals surface area contributed by atoms with E-state index in [9.17, 15) is 9.59 Å². The molecule has 0 aromatic carbocycles. The van der Waals surface area contributed by atoms with Crippen LogP contribution in [0.5, 0.6) is 0 Å². The van der Waals surface area contributed by atoms with Gasteiger partial charge in [0.1, 0.15) is 6.04 Å². The minimum absolute atomic E-state index is 0.0983. The van der Waals surface area contributed by atoms with Gasteiger partial charge >= 0.3 is 5.97 Å². The number of aryl methyl sites for hydroxylation is 1. The maximum absolute atomic E-state index is 12.3. The lowest BCUT2D eigenvalue weighted by Gasteiger charge is -2.10. The Morgan fingerprint density at radius 2 is 2.26 bits per heavy atom. The first-order valence-electron chi connectivity index (χ1n) is 7.02. The number of aromatic nitrogens is 3. The summed E-state index contributed by atoms with van der Waals surface area (Å²) in [6, 6.07) is -0.475. The van der Waals surface area contributed by atoms with E-state index in [0.29, 0.717) is 17.4 Å². The Balaban J connectivity index is 1.97. The third-order valence-electron chi connectivity index (χ3n) is 3.05. The zero-order chi connectivity index (χ0) is 17.0. The molecule has 7 nitrogen and oxygen atoms in total. The van der Waals surface area contributed by atoms with E-state index in [1.54, 1.807) is 30.1 Å². The highest BCUT2D eigenvalue weighted by molar-refractivity contribution is 9.10. The Bertz CT molecular complexity index is 693. The van der Waals surface area contributed by atoms with Crippen LogP contribution < -0.4 is 5.32 Å². The number of hydrogen-bond acceptors (Lipinski definition) is 6. The standard InChI is InChI=1S/C14H17BrN4O3S/c1-4-22-12(20)5-10-7-23-14(16-10)17-13(21)9(3)19-6-11(15)8(2)18-19/h6-7,9H,4-5H2,1-3H3,(H,16,17,21). The average Bonchev–Trinajstić information content (AvgIpc) is 3.05. The van der Waals surface area contributed by atoms with Gasteiger partial charge in [-0.25, -0.2) is 4.98 Å². The number of ether oxygens (including phenoxy) is 1. The Kier molecular flexibility index (Phi) is 5.89. The Labute approximate surface area is 146 Å². The van der Waals surface area contributed by atoms with Crippen molar-refractivity contribution in [2.75, 3.05) is 11.9 Å². The fourth-order valence-electron chi connectivity index (χ4n) is 1.79. The van der Waals surface area contributed by atoms with Crippen LogP contribution in [0, 0.1) is 6.92 Å². The summed E-state index contributed by atoms with van der Waals surface area (Å²) < 4.78 is 7.30. The maximum atomic E-state index is 12.3. The molecule has 1 amide bonds. The molecule has 0 spiro atoms. The van der Waals surface area contributed by atoms with Crippen LogP contribution in [0.25, 0.3) is 0 Å². The molecule has 2 aromatic heterocycles. The lowest BCUT2D eigenvalue weighted by Crippen LogP contribution is -2.24. The Morgan fingerprint density at radius 3 is 2.87 bits per heavy atom. The first kappa shape index (κ1) is 17.6. The predicted octanol–water partition coefficient (Wildman–Crippen LogP) is 2.72. The van der Waals surface area contributed by atoms with Gasteiger partial charge in [0.2, 0.25) is 0 Å². The molecule has 0 fully saturated rings. The van der Waals surface area contributed by atoms with Crippen molar-refractivity contribution in [3.05, 3.63) is 27.4 Å². The van der Waals surface area contributed by atoms with Gasteiger partial charge in [-0.2, -0.15) is 5.10 Å². The summed E-state index contributed by atoms with van der Waals surface area (Å²) in [4.78, 5) is 27.9. The van der Waals surface area contributed by atoms with Gasteiger partial charge in [-0.15, -0.1) is 11.3 Å². The number of thiazole rings is 1. The van der Waals surface area contributed by atoms with Gasteiger partial charge in [0.05, 0.1) is 28.9 Å². The number of nitrogens with one attached hydrogen (secondary N) is 1. The van der Waals surface area contributed by atoms with Gasteiger partial charge in [-0.3, -0.25) is 14.3 Å². The number of hydrogen-bond donors (Lipinski definition) is 1. The number of nitrogens with zero attached hydrogens (tertiary/aromatic N) is 3. The third kappa shape index (κ3) is 4.61. The molecular formula is C14H17BrN4O3S. The zero-order valence-corrected chi connectivity index (χ0v) is 15.4. The van der Waals surface area contributed by atoms with Crippen LogP contribution in [0.2, 0.25) is 0 Å². The van der Waals surface area contributed by atoms with E-state index in [0.717, 1.165) is 10.2 Å². The normalized spacial score (nSPS) is 12.0. The molecule has 0 aliphatic carbocycles.